The first-order valence-corrected chi connectivity index (χ1v) is 11.6. The van der Waals surface area contributed by atoms with Gasteiger partial charge in [-0.1, -0.05) is 31.7 Å². The second-order valence-corrected chi connectivity index (χ2v) is 9.04. The van der Waals surface area contributed by atoms with Crippen LogP contribution in [0.1, 0.15) is 56.0 Å². The van der Waals surface area contributed by atoms with Gasteiger partial charge in [-0.05, 0) is 48.9 Å². The molecule has 1 fully saturated rings. The quantitative estimate of drug-likeness (QED) is 0.432. The number of nitrogens with zero attached hydrogens (tertiary/aromatic N) is 3. The lowest BCUT2D eigenvalue weighted by atomic mass is 9.98. The topological polar surface area (TPSA) is 92.3 Å². The van der Waals surface area contributed by atoms with E-state index in [1.54, 1.807) is 11.8 Å². The molecule has 1 unspecified atom stereocenters. The van der Waals surface area contributed by atoms with Crippen LogP contribution in [-0.4, -0.2) is 45.7 Å². The predicted molar refractivity (Wildman–Crippen MR) is 118 cm³/mol. The van der Waals surface area contributed by atoms with Crippen molar-refractivity contribution >= 4 is 17.7 Å². The molecule has 2 aromatic rings. The minimum Gasteiger partial charge on any atom is -0.493 e. The molecule has 1 amide bonds. The summed E-state index contributed by atoms with van der Waals surface area (Å²) in [5, 5.41) is 9.46. The summed E-state index contributed by atoms with van der Waals surface area (Å²) in [7, 11) is 0. The van der Waals surface area contributed by atoms with Crippen molar-refractivity contribution in [3.8, 4) is 5.75 Å². The third-order valence-electron chi connectivity index (χ3n) is 5.25. The first-order valence-electron chi connectivity index (χ1n) is 10.6. The zero-order valence-corrected chi connectivity index (χ0v) is 18.9. The fraction of sp³-hybridized carbons (Fsp3) is 0.591. The molecule has 1 aromatic heterocycles. The van der Waals surface area contributed by atoms with Crippen LogP contribution >= 0.6 is 11.8 Å². The highest BCUT2D eigenvalue weighted by molar-refractivity contribution is 7.99. The molecule has 1 aromatic carbocycles. The standard InChI is InChI=1S/C22H32N4O3S/c1-15(2)19-7-6-17(13-16(19)3)29-11-12-30-22-25-24-21(9-8-20(23)27)26(22)14-18-5-4-10-28-18/h6-7,13,15,18H,4-5,8-12,14H2,1-3H3,(H2,23,27). The average molecular weight is 433 g/mol. The van der Waals surface area contributed by atoms with Gasteiger partial charge in [-0.25, -0.2) is 0 Å². The molecule has 164 valence electrons. The van der Waals surface area contributed by atoms with Crippen LogP contribution in [0.5, 0.6) is 5.75 Å². The van der Waals surface area contributed by atoms with Gasteiger partial charge in [0.05, 0.1) is 19.3 Å². The Morgan fingerprint density at radius 2 is 2.23 bits per heavy atom. The lowest BCUT2D eigenvalue weighted by molar-refractivity contribution is -0.118. The van der Waals surface area contributed by atoms with Crippen LogP contribution in [-0.2, 0) is 22.5 Å². The Morgan fingerprint density at radius 1 is 1.40 bits per heavy atom. The molecule has 1 aliphatic heterocycles. The van der Waals surface area contributed by atoms with E-state index in [1.807, 2.05) is 6.07 Å². The summed E-state index contributed by atoms with van der Waals surface area (Å²) < 4.78 is 13.8. The van der Waals surface area contributed by atoms with E-state index in [4.69, 9.17) is 15.2 Å². The Hall–Kier alpha value is -2.06. The van der Waals surface area contributed by atoms with Gasteiger partial charge in [0.2, 0.25) is 5.91 Å². The number of benzene rings is 1. The molecule has 30 heavy (non-hydrogen) atoms. The minimum atomic E-state index is -0.331. The number of hydrogen-bond acceptors (Lipinski definition) is 6. The lowest BCUT2D eigenvalue weighted by Crippen LogP contribution is -2.19. The molecular formula is C22H32N4O3S. The predicted octanol–water partition coefficient (Wildman–Crippen LogP) is 3.48. The van der Waals surface area contributed by atoms with Gasteiger partial charge in [-0.15, -0.1) is 10.2 Å². The highest BCUT2D eigenvalue weighted by Gasteiger charge is 2.21. The summed E-state index contributed by atoms with van der Waals surface area (Å²) in [6.07, 6.45) is 3.05. The molecule has 3 rings (SSSR count). The monoisotopic (exact) mass is 432 g/mol. The van der Waals surface area contributed by atoms with Crippen molar-refractivity contribution in [2.75, 3.05) is 19.0 Å². The van der Waals surface area contributed by atoms with E-state index >= 15 is 0 Å². The Balaban J connectivity index is 1.57. The van der Waals surface area contributed by atoms with Crippen LogP contribution in [0, 0.1) is 6.92 Å². The molecular weight excluding hydrogens is 400 g/mol. The third-order valence-corrected chi connectivity index (χ3v) is 6.18. The lowest BCUT2D eigenvalue weighted by Gasteiger charge is -2.15. The van der Waals surface area contributed by atoms with Crippen molar-refractivity contribution in [3.05, 3.63) is 35.2 Å². The fourth-order valence-electron chi connectivity index (χ4n) is 3.70. The summed E-state index contributed by atoms with van der Waals surface area (Å²) in [6.45, 7) is 8.61. The summed E-state index contributed by atoms with van der Waals surface area (Å²) in [5.41, 5.74) is 7.91. The van der Waals surface area contributed by atoms with Gasteiger partial charge < -0.3 is 19.8 Å². The highest BCUT2D eigenvalue weighted by Crippen LogP contribution is 2.25. The van der Waals surface area contributed by atoms with Gasteiger partial charge in [-0.3, -0.25) is 4.79 Å². The van der Waals surface area contributed by atoms with Crippen LogP contribution in [0.4, 0.5) is 0 Å². The minimum absolute atomic E-state index is 0.173. The number of amides is 1. The molecule has 0 aliphatic carbocycles. The largest absolute Gasteiger partial charge is 0.493 e. The zero-order valence-electron chi connectivity index (χ0n) is 18.1. The maximum absolute atomic E-state index is 11.2. The molecule has 0 radical (unpaired) electrons. The molecule has 0 saturated carbocycles. The second kappa shape index (κ2) is 10.8. The summed E-state index contributed by atoms with van der Waals surface area (Å²) >= 11 is 1.61. The maximum Gasteiger partial charge on any atom is 0.217 e. The van der Waals surface area contributed by atoms with Crippen molar-refractivity contribution in [3.63, 3.8) is 0 Å². The van der Waals surface area contributed by atoms with E-state index in [2.05, 4.69) is 47.7 Å². The van der Waals surface area contributed by atoms with E-state index in [1.165, 1.54) is 11.1 Å². The van der Waals surface area contributed by atoms with Crippen molar-refractivity contribution in [2.24, 2.45) is 5.73 Å². The van der Waals surface area contributed by atoms with Crippen molar-refractivity contribution in [1.82, 2.24) is 14.8 Å². The summed E-state index contributed by atoms with van der Waals surface area (Å²) in [4.78, 5) is 11.2. The van der Waals surface area contributed by atoms with Crippen molar-refractivity contribution in [1.29, 1.82) is 0 Å². The van der Waals surface area contributed by atoms with Crippen LogP contribution in [0.3, 0.4) is 0 Å². The SMILES string of the molecule is Cc1cc(OCCSc2nnc(CCC(N)=O)n2CC2CCCO2)ccc1C(C)C. The van der Waals surface area contributed by atoms with E-state index in [9.17, 15) is 4.79 Å². The number of aryl methyl sites for hydroxylation is 2. The van der Waals surface area contributed by atoms with Gasteiger partial charge in [0.1, 0.15) is 11.6 Å². The first-order chi connectivity index (χ1) is 14.4. The van der Waals surface area contributed by atoms with Gasteiger partial charge in [-0.2, -0.15) is 0 Å². The number of rotatable bonds is 11. The van der Waals surface area contributed by atoms with Crippen molar-refractivity contribution < 1.29 is 14.3 Å². The normalized spacial score (nSPS) is 16.3. The fourth-order valence-corrected chi connectivity index (χ4v) is 4.48. The Kier molecular flexibility index (Phi) is 8.16. The number of nitrogens with two attached hydrogens (primary N) is 1. The van der Waals surface area contributed by atoms with Crippen molar-refractivity contribution in [2.45, 2.75) is 70.2 Å². The van der Waals surface area contributed by atoms with E-state index in [0.717, 1.165) is 41.9 Å². The molecule has 1 atom stereocenters. The number of primary amides is 1. The van der Waals surface area contributed by atoms with E-state index in [-0.39, 0.29) is 18.4 Å². The van der Waals surface area contributed by atoms with E-state index in [0.29, 0.717) is 25.5 Å². The molecule has 0 bridgehead atoms. The molecule has 8 heteroatoms. The average Bonchev–Trinajstić information content (AvgIpc) is 3.34. The number of thioether (sulfide) groups is 1. The molecule has 1 aliphatic rings. The highest BCUT2D eigenvalue weighted by atomic mass is 32.2. The zero-order chi connectivity index (χ0) is 21.5. The number of carbonyl (C=O) groups is 1. The second-order valence-electron chi connectivity index (χ2n) is 7.98. The molecule has 1 saturated heterocycles. The number of carbonyl (C=O) groups excluding carboxylic acids is 1. The van der Waals surface area contributed by atoms with Gasteiger partial charge in [0.25, 0.3) is 0 Å². The van der Waals surface area contributed by atoms with Crippen LogP contribution in [0.2, 0.25) is 0 Å². The summed E-state index contributed by atoms with van der Waals surface area (Å²) in [5.74, 6) is 2.61. The smallest absolute Gasteiger partial charge is 0.217 e. The number of ether oxygens (including phenoxy) is 2. The Bertz CT molecular complexity index is 847. The molecule has 2 heterocycles. The first kappa shape index (κ1) is 22.6. The van der Waals surface area contributed by atoms with Gasteiger partial charge in [0, 0.05) is 25.2 Å². The number of hydrogen-bond donors (Lipinski definition) is 1. The van der Waals surface area contributed by atoms with Gasteiger partial charge in [0.15, 0.2) is 5.16 Å². The summed E-state index contributed by atoms with van der Waals surface area (Å²) in [6, 6.07) is 6.28. The molecule has 7 nitrogen and oxygen atoms in total. The van der Waals surface area contributed by atoms with E-state index < -0.39 is 0 Å². The molecule has 0 spiro atoms. The molecule has 2 N–H and O–H groups in total. The van der Waals surface area contributed by atoms with Crippen LogP contribution < -0.4 is 10.5 Å². The van der Waals surface area contributed by atoms with Gasteiger partial charge >= 0.3 is 0 Å². The third kappa shape index (κ3) is 6.22. The van der Waals surface area contributed by atoms with Crippen LogP contribution in [0.15, 0.2) is 23.4 Å². The van der Waals surface area contributed by atoms with Crippen LogP contribution in [0.25, 0.3) is 0 Å². The number of aromatic nitrogens is 3. The Labute approximate surface area is 182 Å². The Morgan fingerprint density at radius 3 is 2.90 bits per heavy atom. The maximum atomic E-state index is 11.2.